The molecule has 0 radical (unpaired) electrons. The van der Waals surface area contributed by atoms with Gasteiger partial charge in [-0.1, -0.05) is 18.2 Å². The van der Waals surface area contributed by atoms with E-state index in [2.05, 4.69) is 15.4 Å². The summed E-state index contributed by atoms with van der Waals surface area (Å²) in [4.78, 5) is 37.1. The molecule has 0 bridgehead atoms. The maximum Gasteiger partial charge on any atom is 0.312 e. The van der Waals surface area contributed by atoms with Crippen molar-refractivity contribution < 1.29 is 28.4 Å². The zero-order valence-electron chi connectivity index (χ0n) is 16.0. The van der Waals surface area contributed by atoms with E-state index >= 15 is 0 Å². The summed E-state index contributed by atoms with van der Waals surface area (Å²) < 4.78 is 10.5. The molecular formula is C21H22N3O5+. The minimum atomic E-state index is -0.637. The molecule has 150 valence electrons. The molecule has 1 fully saturated rings. The molecule has 0 aliphatic carbocycles. The first-order valence-electron chi connectivity index (χ1n) is 9.45. The van der Waals surface area contributed by atoms with Gasteiger partial charge in [-0.25, -0.2) is 0 Å². The molecule has 0 saturated carbocycles. The van der Waals surface area contributed by atoms with Gasteiger partial charge < -0.3 is 24.7 Å². The summed E-state index contributed by atoms with van der Waals surface area (Å²) in [5.41, 5.74) is 2.19. The van der Waals surface area contributed by atoms with Gasteiger partial charge in [0, 0.05) is 16.5 Å². The van der Waals surface area contributed by atoms with E-state index in [-0.39, 0.29) is 24.8 Å². The van der Waals surface area contributed by atoms with Crippen LogP contribution >= 0.6 is 0 Å². The van der Waals surface area contributed by atoms with Crippen LogP contribution in [0.15, 0.2) is 46.9 Å². The third-order valence-electron chi connectivity index (χ3n) is 5.20. The number of rotatable bonds is 5. The fraction of sp³-hybridized carbons (Fsp3) is 0.286. The van der Waals surface area contributed by atoms with Crippen molar-refractivity contribution in [2.24, 2.45) is 0 Å². The highest BCUT2D eigenvalue weighted by molar-refractivity contribution is 6.07. The molecular weight excluding hydrogens is 374 g/mol. The lowest BCUT2D eigenvalue weighted by molar-refractivity contribution is -0.909. The summed E-state index contributed by atoms with van der Waals surface area (Å²) in [6.07, 6.45) is -0.0576. The number of benzene rings is 2. The number of esters is 1. The number of hydrogen-bond acceptors (Lipinski definition) is 5. The number of nitrogens with one attached hydrogen (secondary N) is 3. The van der Waals surface area contributed by atoms with Crippen LogP contribution in [0.4, 0.5) is 5.69 Å². The molecule has 1 aromatic heterocycles. The van der Waals surface area contributed by atoms with Gasteiger partial charge in [0.25, 0.3) is 11.8 Å². The Morgan fingerprint density at radius 1 is 1.21 bits per heavy atom. The Kier molecular flexibility index (Phi) is 5.18. The van der Waals surface area contributed by atoms with Crippen LogP contribution in [0, 0.1) is 0 Å². The van der Waals surface area contributed by atoms with Crippen LogP contribution in [0.3, 0.4) is 0 Å². The molecule has 2 aromatic carbocycles. The molecule has 1 unspecified atom stereocenters. The van der Waals surface area contributed by atoms with Gasteiger partial charge in [-0.2, -0.15) is 0 Å². The third kappa shape index (κ3) is 3.93. The largest absolute Gasteiger partial charge is 0.469 e. The quantitative estimate of drug-likeness (QED) is 0.544. The monoisotopic (exact) mass is 396 g/mol. The Balaban J connectivity index is 1.49. The van der Waals surface area contributed by atoms with Gasteiger partial charge in [0.15, 0.2) is 12.6 Å². The molecule has 1 aliphatic heterocycles. The van der Waals surface area contributed by atoms with Crippen LogP contribution < -0.4 is 15.5 Å². The summed E-state index contributed by atoms with van der Waals surface area (Å²) in [6, 6.07) is 12.6. The van der Waals surface area contributed by atoms with Gasteiger partial charge in [-0.05, 0) is 24.3 Å². The Labute approximate surface area is 166 Å². The summed E-state index contributed by atoms with van der Waals surface area (Å²) in [5, 5.41) is 7.53. The first-order valence-corrected chi connectivity index (χ1v) is 9.45. The molecule has 1 aliphatic rings. The van der Waals surface area contributed by atoms with Crippen molar-refractivity contribution in [1.82, 2.24) is 5.32 Å². The number of hydrogen-bond donors (Lipinski definition) is 3. The molecule has 0 spiro atoms. The minimum absolute atomic E-state index is 0.0576. The Hall–Kier alpha value is -3.39. The van der Waals surface area contributed by atoms with Crippen LogP contribution in [0.1, 0.15) is 6.42 Å². The second kappa shape index (κ2) is 7.92. The van der Waals surface area contributed by atoms with Crippen molar-refractivity contribution in [3.05, 3.63) is 42.5 Å². The number of anilines is 1. The van der Waals surface area contributed by atoms with Crippen LogP contribution in [0.5, 0.6) is 0 Å². The smallest absolute Gasteiger partial charge is 0.312 e. The first-order chi connectivity index (χ1) is 14.0. The maximum atomic E-state index is 12.6. The molecule has 29 heavy (non-hydrogen) atoms. The van der Waals surface area contributed by atoms with Crippen molar-refractivity contribution in [3.63, 3.8) is 0 Å². The van der Waals surface area contributed by atoms with E-state index in [1.165, 1.54) is 7.11 Å². The van der Waals surface area contributed by atoms with Crippen LogP contribution in [-0.2, 0) is 19.1 Å². The average molecular weight is 396 g/mol. The predicted octanol–water partition coefficient (Wildman–Crippen LogP) is 0.471. The Morgan fingerprint density at radius 2 is 2.00 bits per heavy atom. The predicted molar refractivity (Wildman–Crippen MR) is 106 cm³/mol. The van der Waals surface area contributed by atoms with Crippen molar-refractivity contribution in [2.45, 2.75) is 12.5 Å². The molecule has 8 heteroatoms. The number of piperazine rings is 1. The average Bonchev–Trinajstić information content (AvgIpc) is 3.08. The van der Waals surface area contributed by atoms with Gasteiger partial charge in [0.1, 0.15) is 17.6 Å². The second-order valence-electron chi connectivity index (χ2n) is 7.07. The standard InChI is InChI=1S/C21H21N3O5/c1-28-20(26)11-16-21(27)22-8-9-24(16)12-19(25)23-13-6-7-18-15(10-13)14-4-2-3-5-17(14)29-18/h2-7,10,16H,8-9,11-12H2,1H3,(H,22,27)(H,23,25)/p+1/t16-/m0/s1. The maximum absolute atomic E-state index is 12.6. The summed E-state index contributed by atoms with van der Waals surface area (Å²) in [7, 11) is 1.28. The number of para-hydroxylation sites is 1. The molecule has 4 rings (SSSR count). The Bertz CT molecular complexity index is 1090. The summed E-state index contributed by atoms with van der Waals surface area (Å²) in [6.45, 7) is 1.11. The van der Waals surface area contributed by atoms with Gasteiger partial charge in [0.05, 0.1) is 20.2 Å². The number of carbonyl (C=O) groups is 3. The molecule has 8 nitrogen and oxygen atoms in total. The van der Waals surface area contributed by atoms with E-state index in [9.17, 15) is 14.4 Å². The molecule has 2 amide bonds. The lowest BCUT2D eigenvalue weighted by Gasteiger charge is -2.30. The normalized spacial score (nSPS) is 19.1. The van der Waals surface area contributed by atoms with E-state index in [4.69, 9.17) is 4.42 Å². The summed E-state index contributed by atoms with van der Waals surface area (Å²) >= 11 is 0. The zero-order valence-corrected chi connectivity index (χ0v) is 16.0. The number of furan rings is 1. The zero-order chi connectivity index (χ0) is 20.4. The fourth-order valence-electron chi connectivity index (χ4n) is 3.74. The Morgan fingerprint density at radius 3 is 2.83 bits per heavy atom. The van der Waals surface area contributed by atoms with Crippen molar-refractivity contribution in [3.8, 4) is 0 Å². The number of amides is 2. The van der Waals surface area contributed by atoms with Gasteiger partial charge in [-0.15, -0.1) is 0 Å². The van der Waals surface area contributed by atoms with E-state index in [1.54, 1.807) is 6.07 Å². The number of fused-ring (bicyclic) bond motifs is 3. The van der Waals surface area contributed by atoms with E-state index in [1.807, 2.05) is 36.4 Å². The molecule has 1 saturated heterocycles. The van der Waals surface area contributed by atoms with Gasteiger partial charge in [-0.3, -0.25) is 14.4 Å². The highest BCUT2D eigenvalue weighted by atomic mass is 16.5. The number of methoxy groups -OCH3 is 1. The lowest BCUT2D eigenvalue weighted by atomic mass is 10.1. The van der Waals surface area contributed by atoms with Crippen molar-refractivity contribution >= 4 is 45.4 Å². The molecule has 2 heterocycles. The van der Waals surface area contributed by atoms with Crippen LogP contribution in [0.25, 0.3) is 21.9 Å². The topological polar surface area (TPSA) is 102 Å². The number of ether oxygens (including phenoxy) is 1. The van der Waals surface area contributed by atoms with E-state index in [0.29, 0.717) is 18.8 Å². The van der Waals surface area contributed by atoms with Crippen molar-refractivity contribution in [2.75, 3.05) is 32.1 Å². The molecule has 3 aromatic rings. The van der Waals surface area contributed by atoms with Gasteiger partial charge in [0.2, 0.25) is 0 Å². The van der Waals surface area contributed by atoms with E-state index < -0.39 is 12.0 Å². The van der Waals surface area contributed by atoms with Crippen LogP contribution in [0.2, 0.25) is 0 Å². The third-order valence-corrected chi connectivity index (χ3v) is 5.20. The SMILES string of the molecule is COC(=O)C[C@H]1C(=O)NCC[NH+]1CC(=O)Nc1ccc2oc3ccccc3c2c1. The first kappa shape index (κ1) is 18.9. The van der Waals surface area contributed by atoms with Gasteiger partial charge >= 0.3 is 5.97 Å². The fourth-order valence-corrected chi connectivity index (χ4v) is 3.74. The highest BCUT2D eigenvalue weighted by Gasteiger charge is 2.36. The van der Waals surface area contributed by atoms with E-state index in [0.717, 1.165) is 26.8 Å². The minimum Gasteiger partial charge on any atom is -0.469 e. The lowest BCUT2D eigenvalue weighted by Crippen LogP contribution is -3.20. The van der Waals surface area contributed by atoms with Crippen LogP contribution in [-0.4, -0.2) is 50.6 Å². The van der Waals surface area contributed by atoms with Crippen molar-refractivity contribution in [1.29, 1.82) is 0 Å². The molecule has 3 N–H and O–H groups in total. The molecule has 2 atom stereocenters. The highest BCUT2D eigenvalue weighted by Crippen LogP contribution is 2.30. The number of carbonyl (C=O) groups excluding carboxylic acids is 3. The second-order valence-corrected chi connectivity index (χ2v) is 7.07. The summed E-state index contributed by atoms with van der Waals surface area (Å²) in [5.74, 6) is -0.935. The number of quaternary nitrogens is 1.